The number of hydrogen-bond acceptors (Lipinski definition) is 3. The molecule has 0 aliphatic carbocycles. The third-order valence-electron chi connectivity index (χ3n) is 2.87. The van der Waals surface area contributed by atoms with Crippen molar-refractivity contribution >= 4 is 35.6 Å². The maximum Gasteiger partial charge on any atom is 0.231 e. The summed E-state index contributed by atoms with van der Waals surface area (Å²) in [4.78, 5) is 23.1. The van der Waals surface area contributed by atoms with E-state index in [0.717, 1.165) is 0 Å². The molecule has 20 heavy (non-hydrogen) atoms. The van der Waals surface area contributed by atoms with Crippen LogP contribution in [0.2, 0.25) is 0 Å². The highest BCUT2D eigenvalue weighted by atomic mass is 35.5. The first-order valence-corrected chi connectivity index (χ1v) is 6.30. The number of nitrogens with two attached hydrogens (primary N) is 1. The van der Waals surface area contributed by atoms with Gasteiger partial charge in [0.2, 0.25) is 11.8 Å². The molecule has 5 nitrogen and oxygen atoms in total. The first-order chi connectivity index (χ1) is 8.89. The summed E-state index contributed by atoms with van der Waals surface area (Å²) in [6.07, 6.45) is 0.434. The quantitative estimate of drug-likeness (QED) is 0.780. The molecule has 4 N–H and O–H groups in total. The van der Waals surface area contributed by atoms with Gasteiger partial charge in [0.05, 0.1) is 5.41 Å². The Morgan fingerprint density at radius 3 is 1.95 bits per heavy atom. The maximum absolute atomic E-state index is 11.9. The number of carbonyl (C=O) groups is 2. The highest BCUT2D eigenvalue weighted by molar-refractivity contribution is 5.95. The first-order valence-electron chi connectivity index (χ1n) is 6.30. The van der Waals surface area contributed by atoms with Crippen molar-refractivity contribution in [3.63, 3.8) is 0 Å². The van der Waals surface area contributed by atoms with Gasteiger partial charge in [0.15, 0.2) is 0 Å². The van der Waals surface area contributed by atoms with E-state index in [1.54, 1.807) is 45.0 Å². The predicted octanol–water partition coefficient (Wildman–Crippen LogP) is 2.38. The van der Waals surface area contributed by atoms with Crippen LogP contribution in [0.3, 0.4) is 0 Å². The van der Waals surface area contributed by atoms with Crippen LogP contribution in [-0.4, -0.2) is 18.4 Å². The van der Waals surface area contributed by atoms with Gasteiger partial charge in [-0.15, -0.1) is 12.4 Å². The van der Waals surface area contributed by atoms with Crippen molar-refractivity contribution in [1.82, 2.24) is 0 Å². The summed E-state index contributed by atoms with van der Waals surface area (Å²) < 4.78 is 0. The number of amides is 2. The number of carbonyl (C=O) groups excluding carboxylic acids is 2. The molecule has 2 amide bonds. The zero-order chi connectivity index (χ0) is 14.5. The molecule has 1 aromatic rings. The van der Waals surface area contributed by atoms with Crippen molar-refractivity contribution in [2.24, 2.45) is 11.1 Å². The summed E-state index contributed by atoms with van der Waals surface area (Å²) in [5.74, 6) is -0.165. The fourth-order valence-corrected chi connectivity index (χ4v) is 1.28. The largest absolute Gasteiger partial charge is 0.329 e. The lowest BCUT2D eigenvalue weighted by Crippen LogP contribution is -2.37. The lowest BCUT2D eigenvalue weighted by Gasteiger charge is -2.21. The van der Waals surface area contributed by atoms with E-state index in [9.17, 15) is 9.59 Å². The van der Waals surface area contributed by atoms with Gasteiger partial charge in [0.1, 0.15) is 0 Å². The maximum atomic E-state index is 11.9. The number of anilines is 2. The molecule has 0 atom stereocenters. The highest BCUT2D eigenvalue weighted by Gasteiger charge is 2.25. The second-order valence-corrected chi connectivity index (χ2v) is 5.02. The number of hydrogen-bond donors (Lipinski definition) is 3. The topological polar surface area (TPSA) is 84.2 Å². The zero-order valence-electron chi connectivity index (χ0n) is 12.0. The Kier molecular flexibility index (Phi) is 7.24. The molecule has 1 aromatic carbocycles. The lowest BCUT2D eigenvalue weighted by atomic mass is 9.92. The van der Waals surface area contributed by atoms with E-state index in [4.69, 9.17) is 5.73 Å². The Labute approximate surface area is 125 Å². The molecule has 0 spiro atoms. The normalized spacial score (nSPS) is 10.4. The van der Waals surface area contributed by atoms with Gasteiger partial charge in [0.25, 0.3) is 0 Å². The van der Waals surface area contributed by atoms with Crippen LogP contribution in [0, 0.1) is 5.41 Å². The van der Waals surface area contributed by atoms with Gasteiger partial charge >= 0.3 is 0 Å². The molecule has 0 aliphatic rings. The number of rotatable bonds is 5. The van der Waals surface area contributed by atoms with E-state index in [0.29, 0.717) is 17.8 Å². The van der Waals surface area contributed by atoms with Crippen molar-refractivity contribution in [3.8, 4) is 0 Å². The summed E-state index contributed by atoms with van der Waals surface area (Å²) in [5.41, 5.74) is 6.34. The molecule has 0 bridgehead atoms. The molecule has 0 saturated heterocycles. The molecular weight excluding hydrogens is 278 g/mol. The smallest absolute Gasteiger partial charge is 0.231 e. The van der Waals surface area contributed by atoms with Crippen LogP contribution < -0.4 is 16.4 Å². The van der Waals surface area contributed by atoms with Crippen LogP contribution in [0.1, 0.15) is 27.2 Å². The van der Waals surface area contributed by atoms with Gasteiger partial charge in [-0.05, 0) is 38.1 Å². The van der Waals surface area contributed by atoms with Crippen LogP contribution in [0.5, 0.6) is 0 Å². The van der Waals surface area contributed by atoms with Gasteiger partial charge in [-0.2, -0.15) is 0 Å². The number of nitrogens with one attached hydrogen (secondary N) is 2. The van der Waals surface area contributed by atoms with Crippen molar-refractivity contribution < 1.29 is 9.59 Å². The van der Waals surface area contributed by atoms with Crippen molar-refractivity contribution in [2.45, 2.75) is 27.2 Å². The standard InChI is InChI=1S/C14H21N3O2.ClH/c1-4-12(18)16-10-5-7-11(8-6-10)17-13(19)14(2,3)9-15;/h5-8H,4,9,15H2,1-3H3,(H,16,18)(H,17,19);1H. The molecule has 0 fully saturated rings. The molecule has 1 rings (SSSR count). The van der Waals surface area contributed by atoms with E-state index in [1.807, 2.05) is 0 Å². The SMILES string of the molecule is CCC(=O)Nc1ccc(NC(=O)C(C)(C)CN)cc1.Cl. The van der Waals surface area contributed by atoms with Crippen molar-refractivity contribution in [3.05, 3.63) is 24.3 Å². The van der Waals surface area contributed by atoms with Crippen molar-refractivity contribution in [1.29, 1.82) is 0 Å². The summed E-state index contributed by atoms with van der Waals surface area (Å²) in [7, 11) is 0. The van der Waals surface area contributed by atoms with Crippen LogP contribution >= 0.6 is 12.4 Å². The molecule has 6 heteroatoms. The Morgan fingerprint density at radius 2 is 1.55 bits per heavy atom. The minimum Gasteiger partial charge on any atom is -0.329 e. The van der Waals surface area contributed by atoms with Gasteiger partial charge in [-0.3, -0.25) is 9.59 Å². The fourth-order valence-electron chi connectivity index (χ4n) is 1.28. The van der Waals surface area contributed by atoms with Crippen LogP contribution in [-0.2, 0) is 9.59 Å². The van der Waals surface area contributed by atoms with Gasteiger partial charge < -0.3 is 16.4 Å². The fraction of sp³-hybridized carbons (Fsp3) is 0.429. The van der Waals surface area contributed by atoms with E-state index in [-0.39, 0.29) is 30.8 Å². The molecule has 112 valence electrons. The zero-order valence-corrected chi connectivity index (χ0v) is 12.8. The van der Waals surface area contributed by atoms with Gasteiger partial charge in [0, 0.05) is 24.3 Å². The highest BCUT2D eigenvalue weighted by Crippen LogP contribution is 2.18. The summed E-state index contributed by atoms with van der Waals surface area (Å²) in [6, 6.07) is 6.99. The molecule has 0 aliphatic heterocycles. The van der Waals surface area contributed by atoms with E-state index < -0.39 is 5.41 Å². The Bertz CT molecular complexity index is 458. The lowest BCUT2D eigenvalue weighted by molar-refractivity contribution is -0.123. The van der Waals surface area contributed by atoms with Crippen LogP contribution in [0.15, 0.2) is 24.3 Å². The van der Waals surface area contributed by atoms with Crippen LogP contribution in [0.25, 0.3) is 0 Å². The molecule has 0 unspecified atom stereocenters. The first kappa shape index (κ1) is 18.4. The van der Waals surface area contributed by atoms with E-state index in [2.05, 4.69) is 10.6 Å². The average Bonchev–Trinajstić information content (AvgIpc) is 2.40. The Balaban J connectivity index is 0.00000361. The van der Waals surface area contributed by atoms with Crippen molar-refractivity contribution in [2.75, 3.05) is 17.2 Å². The third-order valence-corrected chi connectivity index (χ3v) is 2.87. The average molecular weight is 300 g/mol. The third kappa shape index (κ3) is 5.19. The van der Waals surface area contributed by atoms with Crippen LogP contribution in [0.4, 0.5) is 11.4 Å². The molecule has 0 radical (unpaired) electrons. The minimum atomic E-state index is -0.602. The minimum absolute atomic E-state index is 0. The van der Waals surface area contributed by atoms with E-state index >= 15 is 0 Å². The second-order valence-electron chi connectivity index (χ2n) is 5.02. The Morgan fingerprint density at radius 1 is 1.10 bits per heavy atom. The number of benzene rings is 1. The summed E-state index contributed by atoms with van der Waals surface area (Å²) in [5, 5.41) is 5.54. The number of halogens is 1. The predicted molar refractivity (Wildman–Crippen MR) is 84.1 cm³/mol. The summed E-state index contributed by atoms with van der Waals surface area (Å²) in [6.45, 7) is 5.65. The molecular formula is C14H22ClN3O2. The molecule has 0 aromatic heterocycles. The van der Waals surface area contributed by atoms with E-state index in [1.165, 1.54) is 0 Å². The molecule has 0 saturated carbocycles. The Hall–Kier alpha value is -1.59. The second kappa shape index (κ2) is 7.87. The monoisotopic (exact) mass is 299 g/mol. The summed E-state index contributed by atoms with van der Waals surface area (Å²) >= 11 is 0. The molecule has 0 heterocycles. The van der Waals surface area contributed by atoms with Gasteiger partial charge in [-0.1, -0.05) is 6.92 Å². The van der Waals surface area contributed by atoms with Gasteiger partial charge in [-0.25, -0.2) is 0 Å².